The van der Waals surface area contributed by atoms with Gasteiger partial charge < -0.3 is 5.11 Å². The third-order valence-corrected chi connectivity index (χ3v) is 3.52. The monoisotopic (exact) mass is 220 g/mol. The molecule has 2 aromatic rings. The van der Waals surface area contributed by atoms with Crippen LogP contribution in [0, 0.1) is 0 Å². The first kappa shape index (κ1) is 10.2. The van der Waals surface area contributed by atoms with Crippen LogP contribution in [0.4, 0.5) is 0 Å². The van der Waals surface area contributed by atoms with E-state index in [-0.39, 0.29) is 0 Å². The summed E-state index contributed by atoms with van der Waals surface area (Å²) in [6.45, 7) is 4.24. The largest absolute Gasteiger partial charge is 0.477 e. The molecule has 2 nitrogen and oxygen atoms in total. The van der Waals surface area contributed by atoms with Crippen molar-refractivity contribution in [1.29, 1.82) is 0 Å². The highest BCUT2D eigenvalue weighted by Gasteiger charge is 2.11. The molecule has 1 aromatic heterocycles. The van der Waals surface area contributed by atoms with Crippen LogP contribution in [-0.2, 0) is 0 Å². The molecule has 1 N–H and O–H groups in total. The summed E-state index contributed by atoms with van der Waals surface area (Å²) in [6.07, 6.45) is 0. The molecule has 3 heteroatoms. The molecule has 0 aliphatic rings. The van der Waals surface area contributed by atoms with Crippen molar-refractivity contribution < 1.29 is 9.90 Å². The Balaban J connectivity index is 2.69. The zero-order valence-electron chi connectivity index (χ0n) is 8.65. The molecule has 0 spiro atoms. The minimum absolute atomic E-state index is 0.415. The second kappa shape index (κ2) is 3.66. The summed E-state index contributed by atoms with van der Waals surface area (Å²) in [5.74, 6) is -0.421. The second-order valence-corrected chi connectivity index (χ2v) is 4.91. The zero-order valence-corrected chi connectivity index (χ0v) is 9.47. The quantitative estimate of drug-likeness (QED) is 0.837. The average Bonchev–Trinajstić information content (AvgIpc) is 2.60. The molecule has 0 aliphatic carbocycles. The zero-order chi connectivity index (χ0) is 11.0. The van der Waals surface area contributed by atoms with Crippen LogP contribution in [0.2, 0.25) is 0 Å². The minimum Gasteiger partial charge on any atom is -0.477 e. The van der Waals surface area contributed by atoms with E-state index in [2.05, 4.69) is 19.9 Å². The van der Waals surface area contributed by atoms with E-state index in [0.29, 0.717) is 10.8 Å². The molecule has 0 saturated carbocycles. The molecule has 0 amide bonds. The summed E-state index contributed by atoms with van der Waals surface area (Å²) >= 11 is 1.34. The van der Waals surface area contributed by atoms with Gasteiger partial charge in [0.1, 0.15) is 4.88 Å². The Morgan fingerprint density at radius 3 is 2.73 bits per heavy atom. The Kier molecular flexibility index (Phi) is 2.49. The van der Waals surface area contributed by atoms with Crippen LogP contribution in [0.15, 0.2) is 24.3 Å². The van der Waals surface area contributed by atoms with Crippen LogP contribution in [0.25, 0.3) is 10.1 Å². The standard InChI is InChI=1S/C12H12O2S/c1-7(2)8-4-3-5-10-9(8)6-11(15-10)12(13)14/h3-7H,1-2H3,(H,13,14). The van der Waals surface area contributed by atoms with Crippen molar-refractivity contribution >= 4 is 27.4 Å². The maximum absolute atomic E-state index is 10.9. The number of fused-ring (bicyclic) bond motifs is 1. The molecule has 1 aromatic carbocycles. The van der Waals surface area contributed by atoms with Crippen molar-refractivity contribution in [1.82, 2.24) is 0 Å². The molecule has 0 aliphatic heterocycles. The van der Waals surface area contributed by atoms with Crippen LogP contribution in [0.1, 0.15) is 35.0 Å². The fourth-order valence-electron chi connectivity index (χ4n) is 1.69. The number of carboxylic acid groups (broad SMARTS) is 1. The average molecular weight is 220 g/mol. The summed E-state index contributed by atoms with van der Waals surface area (Å²) in [7, 11) is 0. The predicted octanol–water partition coefficient (Wildman–Crippen LogP) is 3.72. The number of aromatic carboxylic acids is 1. The Hall–Kier alpha value is -1.35. The summed E-state index contributed by atoms with van der Waals surface area (Å²) in [6, 6.07) is 7.79. The van der Waals surface area contributed by atoms with E-state index in [0.717, 1.165) is 10.1 Å². The molecule has 2 rings (SSSR count). The van der Waals surface area contributed by atoms with Crippen LogP contribution in [-0.4, -0.2) is 11.1 Å². The van der Waals surface area contributed by atoms with E-state index < -0.39 is 5.97 Å². The maximum atomic E-state index is 10.9. The minimum atomic E-state index is -0.842. The Morgan fingerprint density at radius 2 is 2.13 bits per heavy atom. The van der Waals surface area contributed by atoms with Gasteiger partial charge in [-0.1, -0.05) is 26.0 Å². The van der Waals surface area contributed by atoms with Gasteiger partial charge in [-0.15, -0.1) is 11.3 Å². The SMILES string of the molecule is CC(C)c1cccc2sc(C(=O)O)cc12. The predicted molar refractivity (Wildman–Crippen MR) is 62.9 cm³/mol. The Bertz CT molecular complexity index is 511. The van der Waals surface area contributed by atoms with Gasteiger partial charge in [-0.2, -0.15) is 0 Å². The summed E-state index contributed by atoms with van der Waals surface area (Å²) in [5, 5.41) is 10.0. The third-order valence-electron chi connectivity index (χ3n) is 2.43. The number of thiophene rings is 1. The van der Waals surface area contributed by atoms with Gasteiger partial charge >= 0.3 is 5.97 Å². The van der Waals surface area contributed by atoms with Gasteiger partial charge in [-0.25, -0.2) is 4.79 Å². The van der Waals surface area contributed by atoms with Gasteiger partial charge in [0.15, 0.2) is 0 Å². The van der Waals surface area contributed by atoms with Crippen molar-refractivity contribution in [3.63, 3.8) is 0 Å². The number of hydrogen-bond acceptors (Lipinski definition) is 2. The lowest BCUT2D eigenvalue weighted by Crippen LogP contribution is -1.90. The van der Waals surface area contributed by atoms with Crippen molar-refractivity contribution in [3.8, 4) is 0 Å². The highest BCUT2D eigenvalue weighted by atomic mass is 32.1. The van der Waals surface area contributed by atoms with Crippen molar-refractivity contribution in [2.75, 3.05) is 0 Å². The van der Waals surface area contributed by atoms with Gasteiger partial charge in [0.25, 0.3) is 0 Å². The molecule has 0 saturated heterocycles. The molecule has 0 atom stereocenters. The van der Waals surface area contributed by atoms with Crippen LogP contribution in [0.3, 0.4) is 0 Å². The third kappa shape index (κ3) is 1.75. The maximum Gasteiger partial charge on any atom is 0.345 e. The summed E-state index contributed by atoms with van der Waals surface area (Å²) < 4.78 is 1.05. The van der Waals surface area contributed by atoms with Gasteiger partial charge in [0.05, 0.1) is 0 Å². The van der Waals surface area contributed by atoms with Gasteiger partial charge in [-0.3, -0.25) is 0 Å². The van der Waals surface area contributed by atoms with Crippen LogP contribution >= 0.6 is 11.3 Å². The Labute approximate surface area is 92.2 Å². The number of carbonyl (C=O) groups is 1. The first-order valence-corrected chi connectivity index (χ1v) is 5.67. The smallest absolute Gasteiger partial charge is 0.345 e. The molecule has 0 unspecified atom stereocenters. The van der Waals surface area contributed by atoms with Gasteiger partial charge in [-0.05, 0) is 29.0 Å². The van der Waals surface area contributed by atoms with E-state index in [9.17, 15) is 4.79 Å². The fraction of sp³-hybridized carbons (Fsp3) is 0.250. The van der Waals surface area contributed by atoms with Crippen LogP contribution in [0.5, 0.6) is 0 Å². The van der Waals surface area contributed by atoms with Crippen molar-refractivity contribution in [2.45, 2.75) is 19.8 Å². The van der Waals surface area contributed by atoms with E-state index in [1.807, 2.05) is 12.1 Å². The highest BCUT2D eigenvalue weighted by molar-refractivity contribution is 7.20. The molecule has 15 heavy (non-hydrogen) atoms. The van der Waals surface area contributed by atoms with Crippen LogP contribution < -0.4 is 0 Å². The molecule has 0 bridgehead atoms. The van der Waals surface area contributed by atoms with E-state index in [4.69, 9.17) is 5.11 Å². The molecular formula is C12H12O2S. The lowest BCUT2D eigenvalue weighted by molar-refractivity contribution is 0.0702. The molecule has 1 heterocycles. The molecular weight excluding hydrogens is 208 g/mol. The lowest BCUT2D eigenvalue weighted by Gasteiger charge is -2.05. The summed E-state index contributed by atoms with van der Waals surface area (Å²) in [4.78, 5) is 11.3. The molecule has 0 radical (unpaired) electrons. The fourth-order valence-corrected chi connectivity index (χ4v) is 2.63. The number of rotatable bonds is 2. The normalized spacial score (nSPS) is 11.1. The number of carboxylic acids is 1. The molecule has 78 valence electrons. The topological polar surface area (TPSA) is 37.3 Å². The second-order valence-electron chi connectivity index (χ2n) is 3.83. The highest BCUT2D eigenvalue weighted by Crippen LogP contribution is 2.31. The van der Waals surface area contributed by atoms with Gasteiger partial charge in [0.2, 0.25) is 0 Å². The van der Waals surface area contributed by atoms with Crippen molar-refractivity contribution in [2.24, 2.45) is 0 Å². The Morgan fingerprint density at radius 1 is 1.40 bits per heavy atom. The molecule has 0 fully saturated rings. The first-order chi connectivity index (χ1) is 7.09. The van der Waals surface area contributed by atoms with E-state index in [1.165, 1.54) is 16.9 Å². The van der Waals surface area contributed by atoms with E-state index >= 15 is 0 Å². The first-order valence-electron chi connectivity index (χ1n) is 4.85. The number of benzene rings is 1. The lowest BCUT2D eigenvalue weighted by atomic mass is 10.00. The van der Waals surface area contributed by atoms with E-state index in [1.54, 1.807) is 6.07 Å². The number of hydrogen-bond donors (Lipinski definition) is 1. The summed E-state index contributed by atoms with van der Waals surface area (Å²) in [5.41, 5.74) is 1.22. The van der Waals surface area contributed by atoms with Crippen molar-refractivity contribution in [3.05, 3.63) is 34.7 Å². The van der Waals surface area contributed by atoms with Gasteiger partial charge in [0, 0.05) is 4.70 Å².